The van der Waals surface area contributed by atoms with E-state index in [0.29, 0.717) is 16.8 Å². The number of benzene rings is 1. The van der Waals surface area contributed by atoms with Crippen molar-refractivity contribution in [3.8, 4) is 11.1 Å². The second kappa shape index (κ2) is 5.43. The van der Waals surface area contributed by atoms with Crippen molar-refractivity contribution < 1.29 is 18.0 Å². The zero-order chi connectivity index (χ0) is 15.6. The van der Waals surface area contributed by atoms with Gasteiger partial charge in [0.1, 0.15) is 0 Å². The number of primary amides is 1. The minimum Gasteiger partial charge on any atom is -0.351 e. The number of hydrogen-bond donors (Lipinski definition) is 2. The van der Waals surface area contributed by atoms with E-state index >= 15 is 0 Å². The van der Waals surface area contributed by atoms with Gasteiger partial charge in [-0.15, -0.1) is 0 Å². The molecule has 0 aliphatic carbocycles. The van der Waals surface area contributed by atoms with Crippen molar-refractivity contribution >= 4 is 11.7 Å². The lowest BCUT2D eigenvalue weighted by Crippen LogP contribution is -2.20. The maximum Gasteiger partial charge on any atom is 0.416 e. The predicted octanol–water partition coefficient (Wildman–Crippen LogP) is 3.57. The van der Waals surface area contributed by atoms with Crippen LogP contribution < -0.4 is 11.1 Å². The van der Waals surface area contributed by atoms with Gasteiger partial charge in [-0.2, -0.15) is 13.2 Å². The molecule has 0 unspecified atom stereocenters. The fourth-order valence-electron chi connectivity index (χ4n) is 1.96. The van der Waals surface area contributed by atoms with E-state index in [1.807, 2.05) is 0 Å². The Morgan fingerprint density at radius 3 is 2.52 bits per heavy atom. The molecule has 0 spiro atoms. The number of nitrogens with zero attached hydrogens (tertiary/aromatic N) is 1. The Bertz CT molecular complexity index is 683. The number of halogens is 3. The summed E-state index contributed by atoms with van der Waals surface area (Å²) in [6.07, 6.45) is -2.93. The summed E-state index contributed by atoms with van der Waals surface area (Å²) in [5, 5.41) is 2.22. The van der Waals surface area contributed by atoms with Crippen molar-refractivity contribution in [2.75, 3.05) is 5.32 Å². The van der Waals surface area contributed by atoms with Crippen LogP contribution in [0.2, 0.25) is 0 Å². The number of pyridine rings is 1. The average molecular weight is 295 g/mol. The van der Waals surface area contributed by atoms with Crippen molar-refractivity contribution in [3.63, 3.8) is 0 Å². The van der Waals surface area contributed by atoms with Crippen LogP contribution in [-0.4, -0.2) is 11.0 Å². The Morgan fingerprint density at radius 2 is 1.95 bits per heavy atom. The van der Waals surface area contributed by atoms with Gasteiger partial charge in [0.2, 0.25) is 0 Å². The number of rotatable bonds is 2. The summed E-state index contributed by atoms with van der Waals surface area (Å²) >= 11 is 0. The molecule has 0 aliphatic rings. The van der Waals surface area contributed by atoms with E-state index in [0.717, 1.165) is 12.1 Å². The topological polar surface area (TPSA) is 68.0 Å². The van der Waals surface area contributed by atoms with Crippen LogP contribution in [-0.2, 0) is 6.18 Å². The summed E-state index contributed by atoms with van der Waals surface area (Å²) < 4.78 is 38.3. The van der Waals surface area contributed by atoms with Crippen molar-refractivity contribution in [3.05, 3.63) is 47.8 Å². The Hall–Kier alpha value is -2.57. The van der Waals surface area contributed by atoms with Gasteiger partial charge in [-0.25, -0.2) is 4.79 Å². The van der Waals surface area contributed by atoms with E-state index in [4.69, 9.17) is 5.73 Å². The second-order valence-electron chi connectivity index (χ2n) is 4.38. The molecule has 4 nitrogen and oxygen atoms in total. The molecule has 0 saturated carbocycles. The quantitative estimate of drug-likeness (QED) is 0.889. The van der Waals surface area contributed by atoms with E-state index in [-0.39, 0.29) is 5.69 Å². The maximum atomic E-state index is 12.8. The molecule has 0 atom stereocenters. The van der Waals surface area contributed by atoms with E-state index in [2.05, 4.69) is 10.3 Å². The van der Waals surface area contributed by atoms with Crippen molar-refractivity contribution in [1.82, 2.24) is 4.98 Å². The molecule has 3 N–H and O–H groups in total. The van der Waals surface area contributed by atoms with E-state index in [1.165, 1.54) is 6.07 Å². The number of nitrogens with two attached hydrogens (primary N) is 1. The third-order valence-corrected chi connectivity index (χ3v) is 2.90. The fraction of sp³-hybridized carbons (Fsp3) is 0.143. The Morgan fingerprint density at radius 1 is 1.24 bits per heavy atom. The minimum atomic E-state index is -4.50. The average Bonchev–Trinajstić information content (AvgIpc) is 2.38. The number of carbonyl (C=O) groups is 1. The molecule has 1 aromatic carbocycles. The van der Waals surface area contributed by atoms with Crippen LogP contribution in [0.25, 0.3) is 11.1 Å². The Labute approximate surface area is 118 Å². The van der Waals surface area contributed by atoms with E-state index in [9.17, 15) is 18.0 Å². The smallest absolute Gasteiger partial charge is 0.351 e. The first-order valence-corrected chi connectivity index (χ1v) is 5.98. The molecule has 7 heteroatoms. The molecule has 2 rings (SSSR count). The molecule has 1 aromatic heterocycles. The lowest BCUT2D eigenvalue weighted by molar-refractivity contribution is -0.137. The molecular weight excluding hydrogens is 283 g/mol. The van der Waals surface area contributed by atoms with Crippen LogP contribution in [0.5, 0.6) is 0 Å². The summed E-state index contributed by atoms with van der Waals surface area (Å²) in [7, 11) is 0. The lowest BCUT2D eigenvalue weighted by atomic mass is 10.00. The van der Waals surface area contributed by atoms with Crippen molar-refractivity contribution in [2.45, 2.75) is 13.1 Å². The first kappa shape index (κ1) is 14.8. The van der Waals surface area contributed by atoms with Crippen LogP contribution in [0, 0.1) is 6.92 Å². The number of carbonyl (C=O) groups excluding carboxylic acids is 1. The molecule has 110 valence electrons. The third kappa shape index (κ3) is 3.31. The normalized spacial score (nSPS) is 11.2. The molecule has 0 saturated heterocycles. The van der Waals surface area contributed by atoms with Crippen LogP contribution in [0.3, 0.4) is 0 Å². The van der Waals surface area contributed by atoms with Crippen LogP contribution in [0.4, 0.5) is 23.7 Å². The SMILES string of the molecule is Cc1ncccc1-c1ccc(C(F)(F)F)cc1NC(N)=O. The molecular formula is C14H12F3N3O. The second-order valence-corrected chi connectivity index (χ2v) is 4.38. The van der Waals surface area contributed by atoms with Crippen LogP contribution >= 0.6 is 0 Å². The molecule has 0 fully saturated rings. The summed E-state index contributed by atoms with van der Waals surface area (Å²) in [6.45, 7) is 1.72. The highest BCUT2D eigenvalue weighted by Crippen LogP contribution is 2.36. The van der Waals surface area contributed by atoms with Gasteiger partial charge in [-0.05, 0) is 25.1 Å². The van der Waals surface area contributed by atoms with Gasteiger partial charge in [0.25, 0.3) is 0 Å². The van der Waals surface area contributed by atoms with Crippen molar-refractivity contribution in [2.24, 2.45) is 5.73 Å². The molecule has 0 aliphatic heterocycles. The Balaban J connectivity index is 2.60. The van der Waals surface area contributed by atoms with Gasteiger partial charge in [-0.1, -0.05) is 12.1 Å². The van der Waals surface area contributed by atoms with Gasteiger partial charge >= 0.3 is 12.2 Å². The van der Waals surface area contributed by atoms with Gasteiger partial charge in [0, 0.05) is 23.0 Å². The number of nitrogens with one attached hydrogen (secondary N) is 1. The summed E-state index contributed by atoms with van der Waals surface area (Å²) in [4.78, 5) is 15.1. The van der Waals surface area contributed by atoms with Gasteiger partial charge in [-0.3, -0.25) is 4.98 Å². The monoisotopic (exact) mass is 295 g/mol. The minimum absolute atomic E-state index is 0.00609. The Kier molecular flexibility index (Phi) is 3.84. The van der Waals surface area contributed by atoms with Gasteiger partial charge in [0.15, 0.2) is 0 Å². The van der Waals surface area contributed by atoms with Gasteiger partial charge in [0.05, 0.1) is 11.3 Å². The fourth-order valence-corrected chi connectivity index (χ4v) is 1.96. The van der Waals surface area contributed by atoms with Crippen molar-refractivity contribution in [1.29, 1.82) is 0 Å². The first-order valence-electron chi connectivity index (χ1n) is 5.98. The third-order valence-electron chi connectivity index (χ3n) is 2.90. The maximum absolute atomic E-state index is 12.8. The largest absolute Gasteiger partial charge is 0.416 e. The number of hydrogen-bond acceptors (Lipinski definition) is 2. The number of aryl methyl sites for hydroxylation is 1. The molecule has 0 radical (unpaired) electrons. The zero-order valence-corrected chi connectivity index (χ0v) is 11.0. The molecule has 1 heterocycles. The summed E-state index contributed by atoms with van der Waals surface area (Å²) in [6, 6.07) is 5.53. The molecule has 2 aromatic rings. The standard InChI is InChI=1S/C14H12F3N3O/c1-8-10(3-2-6-19-8)11-5-4-9(14(15,16)17)7-12(11)20-13(18)21/h2-7H,1H3,(H3,18,20,21). The van der Waals surface area contributed by atoms with E-state index < -0.39 is 17.8 Å². The molecule has 2 amide bonds. The van der Waals surface area contributed by atoms with Crippen LogP contribution in [0.15, 0.2) is 36.5 Å². The highest BCUT2D eigenvalue weighted by molar-refractivity contribution is 5.94. The highest BCUT2D eigenvalue weighted by Gasteiger charge is 2.31. The summed E-state index contributed by atoms with van der Waals surface area (Å²) in [5.74, 6) is 0. The molecule has 21 heavy (non-hydrogen) atoms. The van der Waals surface area contributed by atoms with Crippen LogP contribution in [0.1, 0.15) is 11.3 Å². The predicted molar refractivity (Wildman–Crippen MR) is 72.6 cm³/mol. The highest BCUT2D eigenvalue weighted by atomic mass is 19.4. The number of anilines is 1. The summed E-state index contributed by atoms with van der Waals surface area (Å²) in [5.41, 5.74) is 5.82. The number of aromatic nitrogens is 1. The van der Waals surface area contributed by atoms with Gasteiger partial charge < -0.3 is 11.1 Å². The number of alkyl halides is 3. The zero-order valence-electron chi connectivity index (χ0n) is 11.0. The number of amides is 2. The first-order chi connectivity index (χ1) is 9.79. The number of urea groups is 1. The van der Waals surface area contributed by atoms with E-state index in [1.54, 1.807) is 25.3 Å². The molecule has 0 bridgehead atoms. The lowest BCUT2D eigenvalue weighted by Gasteiger charge is -2.14.